The molecule has 176 valence electrons. The first kappa shape index (κ1) is 23.8. The van der Waals surface area contributed by atoms with E-state index in [1.54, 1.807) is 12.1 Å². The molecule has 9 nitrogen and oxygen atoms in total. The molecular formula is C23H23N5O4S2. The highest BCUT2D eigenvalue weighted by molar-refractivity contribution is 7.90. The van der Waals surface area contributed by atoms with Gasteiger partial charge in [0, 0.05) is 17.2 Å². The van der Waals surface area contributed by atoms with E-state index in [9.17, 15) is 18.5 Å². The lowest BCUT2D eigenvalue weighted by Crippen LogP contribution is -2.35. The largest absolute Gasteiger partial charge is 0.490 e. The molecule has 0 saturated heterocycles. The third kappa shape index (κ3) is 5.09. The summed E-state index contributed by atoms with van der Waals surface area (Å²) in [6, 6.07) is 12.7. The molecule has 0 saturated carbocycles. The molecule has 0 fully saturated rings. The molecule has 0 unspecified atom stereocenters. The van der Waals surface area contributed by atoms with Gasteiger partial charge in [-0.3, -0.25) is 4.79 Å². The Morgan fingerprint density at radius 3 is 2.76 bits per heavy atom. The number of sulfonamides is 1. The minimum absolute atomic E-state index is 0.0460. The van der Waals surface area contributed by atoms with Crippen LogP contribution < -0.4 is 15.2 Å². The summed E-state index contributed by atoms with van der Waals surface area (Å²) in [5.74, 6) is -1.12. The molecule has 4 rings (SSSR count). The standard InChI is InChI=1S/C23H23N5O4S2/c1-13(2)32-20-9-6-14(10-15(20)11-24)22-26-27-23(33-22)18-5-3-4-17-16(18)7-8-19(17)28-34(30,31)12-21(25)29/h3-6,9-10,13,19,28H,7-8,12H2,1-2H3,(H2,25,29)/t19-/m1/s1. The van der Waals surface area contributed by atoms with Gasteiger partial charge in [-0.25, -0.2) is 13.1 Å². The quantitative estimate of drug-likeness (QED) is 0.486. The van der Waals surface area contributed by atoms with Crippen molar-refractivity contribution in [2.45, 2.75) is 38.8 Å². The topological polar surface area (TPSA) is 148 Å². The van der Waals surface area contributed by atoms with Crippen molar-refractivity contribution < 1.29 is 17.9 Å². The number of hydrogen-bond donors (Lipinski definition) is 2. The van der Waals surface area contributed by atoms with Crippen LogP contribution in [-0.4, -0.2) is 36.4 Å². The number of nitriles is 1. The van der Waals surface area contributed by atoms with Gasteiger partial charge in [-0.15, -0.1) is 10.2 Å². The van der Waals surface area contributed by atoms with Crippen molar-refractivity contribution in [1.82, 2.24) is 14.9 Å². The van der Waals surface area contributed by atoms with Gasteiger partial charge < -0.3 is 10.5 Å². The number of nitrogens with one attached hydrogen (secondary N) is 1. The second kappa shape index (κ2) is 9.50. The van der Waals surface area contributed by atoms with Crippen LogP contribution >= 0.6 is 11.3 Å². The van der Waals surface area contributed by atoms with Gasteiger partial charge in [-0.1, -0.05) is 29.5 Å². The summed E-state index contributed by atoms with van der Waals surface area (Å²) < 4.78 is 32.7. The van der Waals surface area contributed by atoms with Gasteiger partial charge in [0.2, 0.25) is 15.9 Å². The summed E-state index contributed by atoms with van der Waals surface area (Å²) in [6.07, 6.45) is 1.18. The molecular weight excluding hydrogens is 474 g/mol. The maximum absolute atomic E-state index is 12.2. The molecule has 11 heteroatoms. The van der Waals surface area contributed by atoms with Crippen molar-refractivity contribution >= 4 is 27.3 Å². The third-order valence-corrected chi connectivity index (χ3v) is 7.60. The Morgan fingerprint density at radius 1 is 1.29 bits per heavy atom. The van der Waals surface area contributed by atoms with E-state index in [-0.39, 0.29) is 6.10 Å². The van der Waals surface area contributed by atoms with Crippen molar-refractivity contribution in [2.75, 3.05) is 5.75 Å². The van der Waals surface area contributed by atoms with Gasteiger partial charge in [0.05, 0.1) is 11.7 Å². The number of benzene rings is 2. The number of hydrogen-bond acceptors (Lipinski definition) is 8. The monoisotopic (exact) mass is 497 g/mol. The Kier molecular flexibility index (Phi) is 6.65. The number of ether oxygens (including phenoxy) is 1. The van der Waals surface area contributed by atoms with Crippen LogP contribution in [0.4, 0.5) is 0 Å². The number of nitrogens with zero attached hydrogens (tertiary/aromatic N) is 3. The number of carbonyl (C=O) groups is 1. The number of fused-ring (bicyclic) bond motifs is 1. The smallest absolute Gasteiger partial charge is 0.234 e. The zero-order chi connectivity index (χ0) is 24.5. The predicted octanol–water partition coefficient (Wildman–Crippen LogP) is 2.92. The summed E-state index contributed by atoms with van der Waals surface area (Å²) in [7, 11) is -3.82. The maximum Gasteiger partial charge on any atom is 0.234 e. The lowest BCUT2D eigenvalue weighted by Gasteiger charge is -2.14. The summed E-state index contributed by atoms with van der Waals surface area (Å²) in [6.45, 7) is 3.80. The Labute approximate surface area is 201 Å². The van der Waals surface area contributed by atoms with Crippen molar-refractivity contribution in [2.24, 2.45) is 5.73 Å². The number of rotatable bonds is 8. The van der Waals surface area contributed by atoms with Gasteiger partial charge >= 0.3 is 0 Å². The van der Waals surface area contributed by atoms with E-state index in [4.69, 9.17) is 10.5 Å². The molecule has 1 aliphatic carbocycles. The number of amides is 1. The van der Waals surface area contributed by atoms with Crippen LogP contribution in [0.2, 0.25) is 0 Å². The fourth-order valence-corrected chi connectivity index (χ4v) is 6.01. The number of aromatic nitrogens is 2. The SMILES string of the molecule is CC(C)Oc1ccc(-c2nnc(-c3cccc4c3CC[C@H]4NS(=O)(=O)CC(N)=O)s2)cc1C#N. The lowest BCUT2D eigenvalue weighted by atomic mass is 10.0. The molecule has 0 bridgehead atoms. The van der Waals surface area contributed by atoms with Crippen LogP contribution in [0, 0.1) is 11.3 Å². The number of carbonyl (C=O) groups excluding carboxylic acids is 1. The minimum atomic E-state index is -3.82. The fourth-order valence-electron chi connectivity index (χ4n) is 3.98. The van der Waals surface area contributed by atoms with E-state index >= 15 is 0 Å². The predicted molar refractivity (Wildman–Crippen MR) is 128 cm³/mol. The summed E-state index contributed by atoms with van der Waals surface area (Å²) in [5, 5.41) is 19.6. The first-order valence-electron chi connectivity index (χ1n) is 10.6. The van der Waals surface area contributed by atoms with Crippen LogP contribution in [0.5, 0.6) is 5.75 Å². The molecule has 3 N–H and O–H groups in total. The average molecular weight is 498 g/mol. The van der Waals surface area contributed by atoms with Crippen LogP contribution in [0.15, 0.2) is 36.4 Å². The first-order valence-corrected chi connectivity index (χ1v) is 13.1. The van der Waals surface area contributed by atoms with Gasteiger partial charge in [0.1, 0.15) is 27.6 Å². The van der Waals surface area contributed by atoms with Crippen LogP contribution in [-0.2, 0) is 21.2 Å². The second-order valence-electron chi connectivity index (χ2n) is 8.21. The van der Waals surface area contributed by atoms with Crippen molar-refractivity contribution in [3.05, 3.63) is 53.1 Å². The zero-order valence-electron chi connectivity index (χ0n) is 18.6. The Bertz CT molecular complexity index is 1390. The van der Waals surface area contributed by atoms with E-state index in [1.807, 2.05) is 38.1 Å². The molecule has 1 heterocycles. The molecule has 0 spiro atoms. The first-order chi connectivity index (χ1) is 16.2. The molecule has 1 aliphatic rings. The second-order valence-corrected chi connectivity index (χ2v) is 10.9. The highest BCUT2D eigenvalue weighted by Gasteiger charge is 2.30. The summed E-state index contributed by atoms with van der Waals surface area (Å²) in [4.78, 5) is 11.1. The van der Waals surface area contributed by atoms with E-state index in [1.165, 1.54) is 11.3 Å². The van der Waals surface area contributed by atoms with Crippen molar-refractivity contribution in [1.29, 1.82) is 5.26 Å². The molecule has 1 aromatic heterocycles. The van der Waals surface area contributed by atoms with Gasteiger partial charge in [0.25, 0.3) is 0 Å². The van der Waals surface area contributed by atoms with Gasteiger partial charge in [-0.05, 0) is 56.0 Å². The lowest BCUT2D eigenvalue weighted by molar-refractivity contribution is -0.115. The highest BCUT2D eigenvalue weighted by atomic mass is 32.2. The van der Waals surface area contributed by atoms with Crippen LogP contribution in [0.1, 0.15) is 43.0 Å². The van der Waals surface area contributed by atoms with E-state index in [2.05, 4.69) is 21.0 Å². The number of primary amides is 1. The molecule has 1 amide bonds. The van der Waals surface area contributed by atoms with Crippen molar-refractivity contribution in [3.8, 4) is 33.0 Å². The molecule has 34 heavy (non-hydrogen) atoms. The maximum atomic E-state index is 12.2. The Morgan fingerprint density at radius 2 is 2.06 bits per heavy atom. The normalized spacial score (nSPS) is 15.2. The molecule has 0 radical (unpaired) electrons. The van der Waals surface area contributed by atoms with E-state index in [0.717, 1.165) is 22.3 Å². The summed E-state index contributed by atoms with van der Waals surface area (Å²) >= 11 is 1.39. The van der Waals surface area contributed by atoms with E-state index in [0.29, 0.717) is 34.2 Å². The van der Waals surface area contributed by atoms with Crippen LogP contribution in [0.3, 0.4) is 0 Å². The fraction of sp³-hybridized carbons (Fsp3) is 0.304. The summed E-state index contributed by atoms with van der Waals surface area (Å²) in [5.41, 5.74) is 8.97. The number of nitrogens with two attached hydrogens (primary N) is 1. The van der Waals surface area contributed by atoms with Gasteiger partial charge in [0.15, 0.2) is 0 Å². The highest BCUT2D eigenvalue weighted by Crippen LogP contribution is 2.40. The zero-order valence-corrected chi connectivity index (χ0v) is 20.2. The molecule has 1 atom stereocenters. The van der Waals surface area contributed by atoms with Crippen molar-refractivity contribution in [3.63, 3.8) is 0 Å². The Balaban J connectivity index is 1.62. The molecule has 0 aliphatic heterocycles. The van der Waals surface area contributed by atoms with Crippen LogP contribution in [0.25, 0.3) is 21.1 Å². The Hall–Kier alpha value is -3.33. The molecule has 2 aromatic carbocycles. The third-order valence-electron chi connectivity index (χ3n) is 5.29. The van der Waals surface area contributed by atoms with Gasteiger partial charge in [-0.2, -0.15) is 5.26 Å². The molecule has 3 aromatic rings. The minimum Gasteiger partial charge on any atom is -0.490 e. The average Bonchev–Trinajstić information content (AvgIpc) is 3.40. The van der Waals surface area contributed by atoms with E-state index < -0.39 is 27.7 Å².